The van der Waals surface area contributed by atoms with E-state index in [1.54, 1.807) is 0 Å². The molecule has 108 valence electrons. The Labute approximate surface area is 120 Å². The van der Waals surface area contributed by atoms with E-state index in [0.717, 1.165) is 11.7 Å². The molecule has 1 aliphatic carbocycles. The van der Waals surface area contributed by atoms with Gasteiger partial charge in [-0.15, -0.1) is 0 Å². The van der Waals surface area contributed by atoms with Gasteiger partial charge in [-0.2, -0.15) is 0 Å². The summed E-state index contributed by atoms with van der Waals surface area (Å²) in [4.78, 5) is 14.3. The molecule has 0 spiro atoms. The summed E-state index contributed by atoms with van der Waals surface area (Å²) in [6.45, 7) is 8.42. The Bertz CT molecular complexity index is 447. The third-order valence-corrected chi connectivity index (χ3v) is 5.07. The maximum Gasteiger partial charge on any atom is 0.148 e. The van der Waals surface area contributed by atoms with Crippen LogP contribution in [0.2, 0.25) is 0 Å². The summed E-state index contributed by atoms with van der Waals surface area (Å²) in [6.07, 6.45) is 6.21. The van der Waals surface area contributed by atoms with Crippen LogP contribution < -0.4 is 5.32 Å². The molecule has 0 aromatic carbocycles. The second-order valence-electron chi connectivity index (χ2n) is 6.42. The van der Waals surface area contributed by atoms with E-state index in [1.165, 1.54) is 58.7 Å². The van der Waals surface area contributed by atoms with Gasteiger partial charge >= 0.3 is 0 Å². The standard InChI is InChI=1S/C15H23N5/c1-4-17-14(18-5-1)15(2-3-15)20-8-6-19(7-9-20)12-13-10-16-11-13/h1,4-5,13,16H,2-3,6-12H2. The molecule has 1 saturated carbocycles. The van der Waals surface area contributed by atoms with E-state index in [-0.39, 0.29) is 5.54 Å². The van der Waals surface area contributed by atoms with Crippen LogP contribution in [0.15, 0.2) is 18.5 Å². The van der Waals surface area contributed by atoms with Gasteiger partial charge in [0, 0.05) is 58.2 Å². The van der Waals surface area contributed by atoms with Crippen molar-refractivity contribution in [2.45, 2.75) is 18.4 Å². The van der Waals surface area contributed by atoms with Gasteiger partial charge in [0.05, 0.1) is 5.54 Å². The topological polar surface area (TPSA) is 44.3 Å². The van der Waals surface area contributed by atoms with Gasteiger partial charge in [0.25, 0.3) is 0 Å². The molecular weight excluding hydrogens is 250 g/mol. The zero-order valence-electron chi connectivity index (χ0n) is 12.0. The number of rotatable bonds is 4. The molecule has 2 saturated heterocycles. The predicted octanol–water partition coefficient (Wildman–Crippen LogP) is 0.303. The fourth-order valence-corrected chi connectivity index (χ4v) is 3.54. The summed E-state index contributed by atoms with van der Waals surface area (Å²) >= 11 is 0. The molecule has 1 N–H and O–H groups in total. The van der Waals surface area contributed by atoms with Crippen LogP contribution in [-0.4, -0.2) is 65.6 Å². The molecule has 5 nitrogen and oxygen atoms in total. The Morgan fingerprint density at radius 1 is 1.10 bits per heavy atom. The van der Waals surface area contributed by atoms with E-state index in [4.69, 9.17) is 0 Å². The van der Waals surface area contributed by atoms with Crippen molar-refractivity contribution in [3.05, 3.63) is 24.3 Å². The molecule has 0 atom stereocenters. The summed E-state index contributed by atoms with van der Waals surface area (Å²) in [6, 6.07) is 1.91. The van der Waals surface area contributed by atoms with Crippen molar-refractivity contribution in [3.8, 4) is 0 Å². The molecule has 0 radical (unpaired) electrons. The van der Waals surface area contributed by atoms with Gasteiger partial charge in [-0.1, -0.05) is 0 Å². The third kappa shape index (κ3) is 2.24. The fourth-order valence-electron chi connectivity index (χ4n) is 3.54. The lowest BCUT2D eigenvalue weighted by molar-refractivity contribution is 0.0653. The Morgan fingerprint density at radius 2 is 1.80 bits per heavy atom. The van der Waals surface area contributed by atoms with Crippen molar-refractivity contribution >= 4 is 0 Å². The lowest BCUT2D eigenvalue weighted by Crippen LogP contribution is -2.55. The zero-order chi connectivity index (χ0) is 13.4. The van der Waals surface area contributed by atoms with Crippen molar-refractivity contribution in [2.24, 2.45) is 5.92 Å². The Balaban J connectivity index is 1.37. The number of nitrogens with zero attached hydrogens (tertiary/aromatic N) is 4. The summed E-state index contributed by atoms with van der Waals surface area (Å²) in [5, 5.41) is 3.36. The fraction of sp³-hybridized carbons (Fsp3) is 0.733. The van der Waals surface area contributed by atoms with Crippen LogP contribution in [0.3, 0.4) is 0 Å². The minimum Gasteiger partial charge on any atom is -0.316 e. The van der Waals surface area contributed by atoms with Crippen LogP contribution in [-0.2, 0) is 5.54 Å². The molecule has 5 heteroatoms. The molecule has 20 heavy (non-hydrogen) atoms. The van der Waals surface area contributed by atoms with Gasteiger partial charge < -0.3 is 10.2 Å². The van der Waals surface area contributed by atoms with E-state index >= 15 is 0 Å². The van der Waals surface area contributed by atoms with E-state index < -0.39 is 0 Å². The van der Waals surface area contributed by atoms with Gasteiger partial charge in [-0.3, -0.25) is 4.90 Å². The minimum atomic E-state index is 0.172. The third-order valence-electron chi connectivity index (χ3n) is 5.07. The van der Waals surface area contributed by atoms with Gasteiger partial charge in [-0.05, 0) is 24.8 Å². The molecule has 1 aromatic heterocycles. The van der Waals surface area contributed by atoms with Crippen LogP contribution in [0.25, 0.3) is 0 Å². The molecule has 1 aromatic rings. The Kier molecular flexibility index (Phi) is 3.21. The number of piperazine rings is 1. The maximum atomic E-state index is 4.50. The van der Waals surface area contributed by atoms with Gasteiger partial charge in [0.2, 0.25) is 0 Å². The second kappa shape index (κ2) is 5.06. The molecule has 3 aliphatic rings. The zero-order valence-corrected chi connectivity index (χ0v) is 12.0. The van der Waals surface area contributed by atoms with Crippen molar-refractivity contribution in [1.29, 1.82) is 0 Å². The summed E-state index contributed by atoms with van der Waals surface area (Å²) in [5.74, 6) is 1.92. The molecule has 3 fully saturated rings. The summed E-state index contributed by atoms with van der Waals surface area (Å²) < 4.78 is 0. The summed E-state index contributed by atoms with van der Waals surface area (Å²) in [5.41, 5.74) is 0.172. The largest absolute Gasteiger partial charge is 0.316 e. The Hall–Kier alpha value is -1.04. The first-order valence-corrected chi connectivity index (χ1v) is 7.82. The van der Waals surface area contributed by atoms with E-state index in [9.17, 15) is 0 Å². The quantitative estimate of drug-likeness (QED) is 0.855. The number of hydrogen-bond acceptors (Lipinski definition) is 5. The summed E-state index contributed by atoms with van der Waals surface area (Å²) in [7, 11) is 0. The van der Waals surface area contributed by atoms with Crippen molar-refractivity contribution < 1.29 is 0 Å². The monoisotopic (exact) mass is 273 g/mol. The second-order valence-corrected chi connectivity index (χ2v) is 6.42. The molecule has 0 amide bonds. The minimum absolute atomic E-state index is 0.172. The maximum absolute atomic E-state index is 4.50. The lowest BCUT2D eigenvalue weighted by Gasteiger charge is -2.41. The van der Waals surface area contributed by atoms with Gasteiger partial charge in [0.1, 0.15) is 5.82 Å². The molecular formula is C15H23N5. The van der Waals surface area contributed by atoms with Crippen molar-refractivity contribution in [1.82, 2.24) is 25.1 Å². The average Bonchev–Trinajstić information content (AvgIpc) is 3.26. The molecule has 0 unspecified atom stereocenters. The smallest absolute Gasteiger partial charge is 0.148 e. The number of aromatic nitrogens is 2. The van der Waals surface area contributed by atoms with Crippen molar-refractivity contribution in [2.75, 3.05) is 45.8 Å². The average molecular weight is 273 g/mol. The highest BCUT2D eigenvalue weighted by Gasteiger charge is 2.52. The van der Waals surface area contributed by atoms with Crippen molar-refractivity contribution in [3.63, 3.8) is 0 Å². The molecule has 0 bridgehead atoms. The van der Waals surface area contributed by atoms with Crippen LogP contribution in [0, 0.1) is 5.92 Å². The van der Waals surface area contributed by atoms with Crippen LogP contribution in [0.1, 0.15) is 18.7 Å². The Morgan fingerprint density at radius 3 is 2.35 bits per heavy atom. The first kappa shape index (κ1) is 12.7. The van der Waals surface area contributed by atoms with Gasteiger partial charge in [0.15, 0.2) is 0 Å². The first-order valence-electron chi connectivity index (χ1n) is 7.82. The van der Waals surface area contributed by atoms with Gasteiger partial charge in [-0.25, -0.2) is 9.97 Å². The van der Waals surface area contributed by atoms with E-state index in [0.29, 0.717) is 0 Å². The predicted molar refractivity (Wildman–Crippen MR) is 77.3 cm³/mol. The SMILES string of the molecule is c1cnc(C2(N3CCN(CC4CNC4)CC3)CC2)nc1. The van der Waals surface area contributed by atoms with Crippen LogP contribution in [0.5, 0.6) is 0 Å². The first-order chi connectivity index (χ1) is 9.87. The van der Waals surface area contributed by atoms with E-state index in [1.807, 2.05) is 18.5 Å². The molecule has 3 heterocycles. The van der Waals surface area contributed by atoms with Crippen LogP contribution in [0.4, 0.5) is 0 Å². The highest BCUT2D eigenvalue weighted by atomic mass is 15.3. The van der Waals surface area contributed by atoms with E-state index in [2.05, 4.69) is 25.1 Å². The molecule has 4 rings (SSSR count). The normalized spacial score (nSPS) is 27.2. The number of nitrogens with one attached hydrogen (secondary N) is 1. The lowest BCUT2D eigenvalue weighted by atomic mass is 10.0. The van der Waals surface area contributed by atoms with Crippen LogP contribution >= 0.6 is 0 Å². The molecule has 2 aliphatic heterocycles. The number of hydrogen-bond donors (Lipinski definition) is 1. The highest BCUT2D eigenvalue weighted by Crippen LogP contribution is 2.49. The highest BCUT2D eigenvalue weighted by molar-refractivity contribution is 5.17.